The molecule has 1 atom stereocenters. The van der Waals surface area contributed by atoms with Gasteiger partial charge in [0.25, 0.3) is 5.91 Å². The van der Waals surface area contributed by atoms with Gasteiger partial charge in [0.1, 0.15) is 11.8 Å². The number of carbonyl (C=O) groups is 3. The van der Waals surface area contributed by atoms with Crippen LogP contribution >= 0.6 is 0 Å². The van der Waals surface area contributed by atoms with E-state index in [1.54, 1.807) is 41.3 Å². The summed E-state index contributed by atoms with van der Waals surface area (Å²) in [7, 11) is 0. The first-order valence-electron chi connectivity index (χ1n) is 12.4. The highest BCUT2D eigenvalue weighted by Crippen LogP contribution is 2.29. The standard InChI is InChI=1S/C28H33N3O4/c1-3-35-24-15-11-22(12-16-24)29-26(32)19-25-27(33)31(23-13-9-20(2)10-14-23)28(34)30(25)18-17-21-7-5-4-6-8-21/h7,9-16,25H,3-6,8,17-19H2,1-2H3,(H,29,32)/t25-/m0/s1. The summed E-state index contributed by atoms with van der Waals surface area (Å²) in [4.78, 5) is 42.5. The number of hydrogen-bond acceptors (Lipinski definition) is 4. The number of nitrogens with one attached hydrogen (secondary N) is 1. The first-order chi connectivity index (χ1) is 17.0. The maximum Gasteiger partial charge on any atom is 0.332 e. The molecule has 35 heavy (non-hydrogen) atoms. The Labute approximate surface area is 206 Å². The molecule has 2 aliphatic rings. The van der Waals surface area contributed by atoms with Crippen molar-refractivity contribution in [3.8, 4) is 5.75 Å². The second-order valence-electron chi connectivity index (χ2n) is 9.07. The molecule has 4 rings (SSSR count). The lowest BCUT2D eigenvalue weighted by molar-refractivity contribution is -0.124. The fraction of sp³-hybridized carbons (Fsp3) is 0.393. The smallest absolute Gasteiger partial charge is 0.332 e. The number of nitrogens with zero attached hydrogens (tertiary/aromatic N) is 2. The minimum atomic E-state index is -0.837. The minimum absolute atomic E-state index is 0.0980. The fourth-order valence-electron chi connectivity index (χ4n) is 4.60. The Morgan fingerprint density at radius 2 is 1.80 bits per heavy atom. The number of urea groups is 1. The Bertz CT molecular complexity index is 1090. The van der Waals surface area contributed by atoms with E-state index >= 15 is 0 Å². The van der Waals surface area contributed by atoms with Crippen molar-refractivity contribution in [2.45, 2.75) is 58.4 Å². The third-order valence-corrected chi connectivity index (χ3v) is 6.50. The number of hydrogen-bond donors (Lipinski definition) is 1. The Hall–Kier alpha value is -3.61. The molecule has 0 unspecified atom stereocenters. The van der Waals surface area contributed by atoms with Crippen molar-refractivity contribution in [3.05, 3.63) is 65.7 Å². The molecule has 1 aliphatic heterocycles. The van der Waals surface area contributed by atoms with E-state index in [2.05, 4.69) is 11.4 Å². The van der Waals surface area contributed by atoms with Crippen LogP contribution < -0.4 is 15.0 Å². The minimum Gasteiger partial charge on any atom is -0.494 e. The summed E-state index contributed by atoms with van der Waals surface area (Å²) in [5.74, 6) is 0.0465. The van der Waals surface area contributed by atoms with Gasteiger partial charge in [0, 0.05) is 12.2 Å². The monoisotopic (exact) mass is 475 g/mol. The summed E-state index contributed by atoms with van der Waals surface area (Å²) in [6, 6.07) is 13.2. The van der Waals surface area contributed by atoms with E-state index in [0.717, 1.165) is 37.0 Å². The van der Waals surface area contributed by atoms with Gasteiger partial charge in [-0.25, -0.2) is 9.69 Å². The lowest BCUT2D eigenvalue weighted by atomic mass is 9.97. The fourth-order valence-corrected chi connectivity index (χ4v) is 4.60. The highest BCUT2D eigenvalue weighted by Gasteiger charge is 2.46. The van der Waals surface area contributed by atoms with Crippen molar-refractivity contribution in [2.75, 3.05) is 23.4 Å². The molecule has 184 valence electrons. The van der Waals surface area contributed by atoms with Crippen LogP contribution in [0.2, 0.25) is 0 Å². The van der Waals surface area contributed by atoms with Crippen molar-refractivity contribution in [1.29, 1.82) is 0 Å². The molecule has 1 aliphatic carbocycles. The molecule has 4 amide bonds. The van der Waals surface area contributed by atoms with E-state index in [1.807, 2.05) is 26.0 Å². The summed E-state index contributed by atoms with van der Waals surface area (Å²) in [6.45, 7) is 4.84. The van der Waals surface area contributed by atoms with E-state index in [4.69, 9.17) is 4.74 Å². The molecule has 0 spiro atoms. The predicted molar refractivity (Wildman–Crippen MR) is 137 cm³/mol. The number of aryl methyl sites for hydroxylation is 1. The first kappa shape index (κ1) is 24.5. The molecule has 0 aromatic heterocycles. The Kier molecular flexibility index (Phi) is 7.85. The number of rotatable bonds is 9. The van der Waals surface area contributed by atoms with Crippen molar-refractivity contribution < 1.29 is 19.1 Å². The molecule has 7 heteroatoms. The van der Waals surface area contributed by atoms with Crippen LogP contribution in [0.1, 0.15) is 51.0 Å². The highest BCUT2D eigenvalue weighted by molar-refractivity contribution is 6.22. The molecular weight excluding hydrogens is 442 g/mol. The number of ether oxygens (including phenoxy) is 1. The third-order valence-electron chi connectivity index (χ3n) is 6.50. The van der Waals surface area contributed by atoms with E-state index in [-0.39, 0.29) is 24.3 Å². The molecule has 1 saturated heterocycles. The average molecular weight is 476 g/mol. The van der Waals surface area contributed by atoms with Gasteiger partial charge in [0.15, 0.2) is 0 Å². The van der Waals surface area contributed by atoms with Crippen LogP contribution in [0.3, 0.4) is 0 Å². The summed E-state index contributed by atoms with van der Waals surface area (Å²) in [5, 5.41) is 2.85. The number of allylic oxidation sites excluding steroid dienone is 1. The number of anilines is 2. The van der Waals surface area contributed by atoms with Gasteiger partial charge in [-0.3, -0.25) is 9.59 Å². The Morgan fingerprint density at radius 1 is 1.06 bits per heavy atom. The maximum atomic E-state index is 13.4. The van der Waals surface area contributed by atoms with Crippen molar-refractivity contribution >= 4 is 29.2 Å². The predicted octanol–water partition coefficient (Wildman–Crippen LogP) is 5.45. The van der Waals surface area contributed by atoms with Crippen LogP contribution in [0.25, 0.3) is 0 Å². The van der Waals surface area contributed by atoms with E-state index in [9.17, 15) is 14.4 Å². The van der Waals surface area contributed by atoms with Crippen LogP contribution in [-0.2, 0) is 9.59 Å². The average Bonchev–Trinajstić information content (AvgIpc) is 3.09. The van der Waals surface area contributed by atoms with E-state index < -0.39 is 6.04 Å². The molecule has 2 aromatic rings. The Morgan fingerprint density at radius 3 is 2.46 bits per heavy atom. The second kappa shape index (κ2) is 11.2. The lowest BCUT2D eigenvalue weighted by Gasteiger charge is -2.23. The molecule has 7 nitrogen and oxygen atoms in total. The van der Waals surface area contributed by atoms with Gasteiger partial charge in [0.2, 0.25) is 5.91 Å². The molecule has 1 N–H and O–H groups in total. The largest absolute Gasteiger partial charge is 0.494 e. The molecular formula is C28H33N3O4. The Balaban J connectivity index is 1.50. The molecule has 0 saturated carbocycles. The quantitative estimate of drug-likeness (QED) is 0.386. The summed E-state index contributed by atoms with van der Waals surface area (Å²) in [6.07, 6.45) is 7.31. The third kappa shape index (κ3) is 5.91. The van der Waals surface area contributed by atoms with Crippen molar-refractivity contribution in [1.82, 2.24) is 4.90 Å². The summed E-state index contributed by atoms with van der Waals surface area (Å²) in [5.41, 5.74) is 3.51. The molecule has 0 radical (unpaired) electrons. The molecule has 0 bridgehead atoms. The van der Waals surface area contributed by atoms with Gasteiger partial charge >= 0.3 is 6.03 Å². The number of imide groups is 1. The van der Waals surface area contributed by atoms with Crippen LogP contribution in [0, 0.1) is 6.92 Å². The number of amides is 4. The summed E-state index contributed by atoms with van der Waals surface area (Å²) < 4.78 is 5.44. The van der Waals surface area contributed by atoms with Gasteiger partial charge in [-0.2, -0.15) is 0 Å². The first-order valence-corrected chi connectivity index (χ1v) is 12.4. The van der Waals surface area contributed by atoms with Crippen LogP contribution in [0.15, 0.2) is 60.2 Å². The highest BCUT2D eigenvalue weighted by atomic mass is 16.5. The SMILES string of the molecule is CCOc1ccc(NC(=O)C[C@H]2C(=O)N(c3ccc(C)cc3)C(=O)N2CCC2=CCCCC2)cc1. The lowest BCUT2D eigenvalue weighted by Crippen LogP contribution is -2.38. The van der Waals surface area contributed by atoms with Crippen LogP contribution in [0.4, 0.5) is 16.2 Å². The molecule has 1 heterocycles. The van der Waals surface area contributed by atoms with Crippen molar-refractivity contribution in [3.63, 3.8) is 0 Å². The normalized spacial score (nSPS) is 18.0. The zero-order chi connectivity index (χ0) is 24.8. The van der Waals surface area contributed by atoms with Crippen molar-refractivity contribution in [2.24, 2.45) is 0 Å². The van der Waals surface area contributed by atoms with Gasteiger partial charge in [-0.1, -0.05) is 29.3 Å². The van der Waals surface area contributed by atoms with E-state index in [0.29, 0.717) is 24.5 Å². The number of benzene rings is 2. The van der Waals surface area contributed by atoms with Crippen LogP contribution in [0.5, 0.6) is 5.75 Å². The topological polar surface area (TPSA) is 79.0 Å². The molecule has 2 aromatic carbocycles. The molecule has 1 fully saturated rings. The van der Waals surface area contributed by atoms with Crippen LogP contribution in [-0.4, -0.2) is 41.9 Å². The zero-order valence-electron chi connectivity index (χ0n) is 20.5. The van der Waals surface area contributed by atoms with Gasteiger partial charge < -0.3 is 15.0 Å². The maximum absolute atomic E-state index is 13.4. The van der Waals surface area contributed by atoms with Gasteiger partial charge in [-0.15, -0.1) is 0 Å². The van der Waals surface area contributed by atoms with Gasteiger partial charge in [-0.05, 0) is 82.3 Å². The zero-order valence-corrected chi connectivity index (χ0v) is 20.5. The number of carbonyl (C=O) groups excluding carboxylic acids is 3. The van der Waals surface area contributed by atoms with E-state index in [1.165, 1.54) is 16.9 Å². The summed E-state index contributed by atoms with van der Waals surface area (Å²) >= 11 is 0. The van der Waals surface area contributed by atoms with Gasteiger partial charge in [0.05, 0.1) is 18.7 Å². The second-order valence-corrected chi connectivity index (χ2v) is 9.07.